The molecule has 0 bridgehead atoms. The van der Waals surface area contributed by atoms with Crippen molar-refractivity contribution in [2.24, 2.45) is 10.7 Å². The van der Waals surface area contributed by atoms with Gasteiger partial charge in [-0.15, -0.1) is 0 Å². The van der Waals surface area contributed by atoms with Gasteiger partial charge >= 0.3 is 0 Å². The second-order valence-electron chi connectivity index (χ2n) is 3.62. The van der Waals surface area contributed by atoms with E-state index in [4.69, 9.17) is 10.5 Å². The number of nitrogens with zero attached hydrogens (tertiary/aromatic N) is 1. The standard InChI is InChI=1S/C8H13N3O2/c1-5-4-8(2-3-13-5)6(12)10-7(9)11-8/h5H,2-4H2,1H3,(H3,9,10,11,12). The van der Waals surface area contributed by atoms with Crippen molar-refractivity contribution in [2.75, 3.05) is 6.61 Å². The van der Waals surface area contributed by atoms with Gasteiger partial charge in [-0.2, -0.15) is 0 Å². The van der Waals surface area contributed by atoms with Crippen LogP contribution in [0, 0.1) is 0 Å². The Morgan fingerprint density at radius 1 is 1.77 bits per heavy atom. The molecule has 2 atom stereocenters. The summed E-state index contributed by atoms with van der Waals surface area (Å²) in [6, 6.07) is 0. The number of carbonyl (C=O) groups is 1. The molecule has 72 valence electrons. The minimum absolute atomic E-state index is 0.0779. The van der Waals surface area contributed by atoms with Gasteiger partial charge in [-0.05, 0) is 6.92 Å². The van der Waals surface area contributed by atoms with Crippen LogP contribution in [0.4, 0.5) is 0 Å². The van der Waals surface area contributed by atoms with Gasteiger partial charge in [0.05, 0.1) is 6.10 Å². The molecule has 0 aromatic carbocycles. The van der Waals surface area contributed by atoms with Crippen LogP contribution in [0.2, 0.25) is 0 Å². The van der Waals surface area contributed by atoms with Crippen molar-refractivity contribution in [3.05, 3.63) is 0 Å². The predicted octanol–water partition coefficient (Wildman–Crippen LogP) is -0.631. The highest BCUT2D eigenvalue weighted by molar-refractivity contribution is 6.06. The fraction of sp³-hybridized carbons (Fsp3) is 0.750. The first-order valence-electron chi connectivity index (χ1n) is 4.41. The van der Waals surface area contributed by atoms with Crippen molar-refractivity contribution in [1.29, 1.82) is 0 Å². The molecule has 1 amide bonds. The Morgan fingerprint density at radius 3 is 3.08 bits per heavy atom. The fourth-order valence-corrected chi connectivity index (χ4v) is 1.92. The third kappa shape index (κ3) is 1.29. The van der Waals surface area contributed by atoms with E-state index in [9.17, 15) is 4.79 Å². The maximum Gasteiger partial charge on any atom is 0.254 e. The quantitative estimate of drug-likeness (QED) is 0.525. The fourth-order valence-electron chi connectivity index (χ4n) is 1.92. The predicted molar refractivity (Wildman–Crippen MR) is 47.1 cm³/mol. The van der Waals surface area contributed by atoms with Gasteiger partial charge in [0.1, 0.15) is 5.54 Å². The van der Waals surface area contributed by atoms with E-state index >= 15 is 0 Å². The molecule has 2 heterocycles. The van der Waals surface area contributed by atoms with Crippen LogP contribution in [0.3, 0.4) is 0 Å². The number of carbonyl (C=O) groups excluding carboxylic acids is 1. The Kier molecular flexibility index (Phi) is 1.76. The minimum Gasteiger partial charge on any atom is -0.378 e. The van der Waals surface area contributed by atoms with E-state index in [1.54, 1.807) is 0 Å². The van der Waals surface area contributed by atoms with Crippen molar-refractivity contribution in [1.82, 2.24) is 5.32 Å². The average Bonchev–Trinajstić information content (AvgIpc) is 2.26. The van der Waals surface area contributed by atoms with Gasteiger partial charge in [0, 0.05) is 19.4 Å². The molecule has 0 radical (unpaired) electrons. The molecule has 3 N–H and O–H groups in total. The van der Waals surface area contributed by atoms with Crippen molar-refractivity contribution in [3.8, 4) is 0 Å². The summed E-state index contributed by atoms with van der Waals surface area (Å²) >= 11 is 0. The van der Waals surface area contributed by atoms with E-state index in [-0.39, 0.29) is 18.0 Å². The number of amides is 1. The summed E-state index contributed by atoms with van der Waals surface area (Å²) in [6.07, 6.45) is 1.33. The lowest BCUT2D eigenvalue weighted by Crippen LogP contribution is -2.46. The molecule has 2 unspecified atom stereocenters. The van der Waals surface area contributed by atoms with Crippen molar-refractivity contribution in [3.63, 3.8) is 0 Å². The molecule has 2 aliphatic rings. The Labute approximate surface area is 76.3 Å². The Bertz CT molecular complexity index is 277. The molecule has 5 nitrogen and oxygen atoms in total. The van der Waals surface area contributed by atoms with Crippen LogP contribution in [0.1, 0.15) is 19.8 Å². The van der Waals surface area contributed by atoms with Crippen LogP contribution in [-0.4, -0.2) is 30.1 Å². The van der Waals surface area contributed by atoms with Crippen LogP contribution in [0.5, 0.6) is 0 Å². The SMILES string of the molecule is CC1CC2(CCO1)N=C(N)NC2=O. The van der Waals surface area contributed by atoms with Gasteiger partial charge in [-0.25, -0.2) is 4.99 Å². The first kappa shape index (κ1) is 8.50. The molecule has 0 aliphatic carbocycles. The largest absolute Gasteiger partial charge is 0.378 e. The van der Waals surface area contributed by atoms with Crippen LogP contribution >= 0.6 is 0 Å². The Morgan fingerprint density at radius 2 is 2.54 bits per heavy atom. The number of nitrogens with two attached hydrogens (primary N) is 1. The molecular weight excluding hydrogens is 170 g/mol. The van der Waals surface area contributed by atoms with E-state index in [0.717, 1.165) is 0 Å². The molecule has 0 saturated carbocycles. The summed E-state index contributed by atoms with van der Waals surface area (Å²) in [4.78, 5) is 15.7. The van der Waals surface area contributed by atoms with Crippen LogP contribution in [0.25, 0.3) is 0 Å². The zero-order chi connectivity index (χ0) is 9.47. The number of ether oxygens (including phenoxy) is 1. The summed E-state index contributed by atoms with van der Waals surface area (Å²) in [5.74, 6) is 0.152. The highest BCUT2D eigenvalue weighted by atomic mass is 16.5. The molecule has 1 saturated heterocycles. The number of nitrogens with one attached hydrogen (secondary N) is 1. The second-order valence-corrected chi connectivity index (χ2v) is 3.62. The average molecular weight is 183 g/mol. The Hall–Kier alpha value is -1.10. The second kappa shape index (κ2) is 2.70. The van der Waals surface area contributed by atoms with Crippen molar-refractivity contribution in [2.45, 2.75) is 31.4 Å². The minimum atomic E-state index is -0.637. The van der Waals surface area contributed by atoms with Gasteiger partial charge in [-0.3, -0.25) is 10.1 Å². The van der Waals surface area contributed by atoms with E-state index in [0.29, 0.717) is 19.4 Å². The molecule has 5 heteroatoms. The van der Waals surface area contributed by atoms with E-state index < -0.39 is 5.54 Å². The molecule has 0 aromatic rings. The van der Waals surface area contributed by atoms with Crippen LogP contribution in [-0.2, 0) is 9.53 Å². The normalized spacial score (nSPS) is 39.0. The number of hydrogen-bond donors (Lipinski definition) is 2. The van der Waals surface area contributed by atoms with Crippen LogP contribution in [0.15, 0.2) is 4.99 Å². The molecule has 2 aliphatic heterocycles. The number of rotatable bonds is 0. The monoisotopic (exact) mass is 183 g/mol. The molecule has 1 fully saturated rings. The van der Waals surface area contributed by atoms with Gasteiger partial charge < -0.3 is 10.5 Å². The number of aliphatic imine (C=N–C) groups is 1. The summed E-state index contributed by atoms with van der Waals surface area (Å²) in [5.41, 5.74) is 4.82. The Balaban J connectivity index is 2.23. The molecule has 1 spiro atoms. The molecule has 2 rings (SSSR count). The zero-order valence-corrected chi connectivity index (χ0v) is 7.54. The maximum atomic E-state index is 11.5. The van der Waals surface area contributed by atoms with Crippen molar-refractivity contribution < 1.29 is 9.53 Å². The lowest BCUT2D eigenvalue weighted by Gasteiger charge is -2.31. The van der Waals surface area contributed by atoms with E-state index in [2.05, 4.69) is 10.3 Å². The van der Waals surface area contributed by atoms with Crippen molar-refractivity contribution >= 4 is 11.9 Å². The summed E-state index contributed by atoms with van der Waals surface area (Å²) in [7, 11) is 0. The van der Waals surface area contributed by atoms with Gasteiger partial charge in [0.15, 0.2) is 5.96 Å². The lowest BCUT2D eigenvalue weighted by atomic mass is 9.87. The van der Waals surface area contributed by atoms with Gasteiger partial charge in [0.2, 0.25) is 0 Å². The summed E-state index contributed by atoms with van der Waals surface area (Å²) < 4.78 is 5.36. The maximum absolute atomic E-state index is 11.5. The highest BCUT2D eigenvalue weighted by Crippen LogP contribution is 2.31. The smallest absolute Gasteiger partial charge is 0.254 e. The van der Waals surface area contributed by atoms with Gasteiger partial charge in [-0.1, -0.05) is 0 Å². The third-order valence-corrected chi connectivity index (χ3v) is 2.54. The molecular formula is C8H13N3O2. The van der Waals surface area contributed by atoms with Crippen LogP contribution < -0.4 is 11.1 Å². The zero-order valence-electron chi connectivity index (χ0n) is 7.54. The molecule has 13 heavy (non-hydrogen) atoms. The third-order valence-electron chi connectivity index (χ3n) is 2.54. The first-order valence-corrected chi connectivity index (χ1v) is 4.41. The topological polar surface area (TPSA) is 76.7 Å². The first-order chi connectivity index (χ1) is 6.12. The number of hydrogen-bond acceptors (Lipinski definition) is 4. The lowest BCUT2D eigenvalue weighted by molar-refractivity contribution is -0.128. The highest BCUT2D eigenvalue weighted by Gasteiger charge is 2.46. The van der Waals surface area contributed by atoms with E-state index in [1.807, 2.05) is 6.92 Å². The summed E-state index contributed by atoms with van der Waals surface area (Å²) in [5, 5.41) is 2.53. The summed E-state index contributed by atoms with van der Waals surface area (Å²) in [6.45, 7) is 2.52. The van der Waals surface area contributed by atoms with E-state index in [1.165, 1.54) is 0 Å². The molecule has 0 aromatic heterocycles. The van der Waals surface area contributed by atoms with Gasteiger partial charge in [0.25, 0.3) is 5.91 Å². The number of guanidine groups is 1.